The van der Waals surface area contributed by atoms with E-state index in [-0.39, 0.29) is 11.5 Å². The molecule has 1 fully saturated rings. The van der Waals surface area contributed by atoms with Crippen molar-refractivity contribution in [3.63, 3.8) is 0 Å². The van der Waals surface area contributed by atoms with Crippen LogP contribution in [0.1, 0.15) is 30.7 Å². The molecule has 1 saturated heterocycles. The van der Waals surface area contributed by atoms with E-state index in [9.17, 15) is 9.59 Å². The number of anilines is 1. The number of carbonyl (C=O) groups excluding carboxylic acids is 1. The second-order valence-corrected chi connectivity index (χ2v) is 8.91. The molecule has 1 amide bonds. The Morgan fingerprint density at radius 1 is 1.09 bits per heavy atom. The van der Waals surface area contributed by atoms with E-state index >= 15 is 0 Å². The summed E-state index contributed by atoms with van der Waals surface area (Å²) in [5.74, 6) is 1.46. The molecule has 1 aliphatic heterocycles. The highest BCUT2D eigenvalue weighted by Crippen LogP contribution is 2.20. The summed E-state index contributed by atoms with van der Waals surface area (Å²) < 4.78 is 11.7. The van der Waals surface area contributed by atoms with E-state index < -0.39 is 0 Å². The molecule has 1 aliphatic rings. The number of benzene rings is 1. The number of rotatable bonds is 10. The maximum absolute atomic E-state index is 12.5. The molecule has 0 atom stereocenters. The summed E-state index contributed by atoms with van der Waals surface area (Å²) in [5, 5.41) is 11.9. The summed E-state index contributed by atoms with van der Waals surface area (Å²) in [5.41, 5.74) is 1.94. The minimum atomic E-state index is -0.282. The SMILES string of the molecule is COc1ccc(N2CCN(CCCNC(=O)CCCn3nc(C)c4c(C)onc4c3=O)CC2)cc1. The van der Waals surface area contributed by atoms with Gasteiger partial charge in [0.1, 0.15) is 11.5 Å². The normalized spacial score (nSPS) is 14.4. The van der Waals surface area contributed by atoms with E-state index in [0.717, 1.165) is 44.9 Å². The van der Waals surface area contributed by atoms with Gasteiger partial charge >= 0.3 is 0 Å². The molecule has 0 unspecified atom stereocenters. The summed E-state index contributed by atoms with van der Waals surface area (Å²) in [6, 6.07) is 8.20. The van der Waals surface area contributed by atoms with E-state index in [0.29, 0.717) is 48.3 Å². The van der Waals surface area contributed by atoms with Gasteiger partial charge in [0.25, 0.3) is 5.56 Å². The fourth-order valence-electron chi connectivity index (χ4n) is 4.53. The van der Waals surface area contributed by atoms with Crippen molar-refractivity contribution in [2.24, 2.45) is 0 Å². The minimum absolute atomic E-state index is 0.00236. The lowest BCUT2D eigenvalue weighted by Gasteiger charge is -2.36. The van der Waals surface area contributed by atoms with Crippen LogP contribution in [0.25, 0.3) is 10.9 Å². The summed E-state index contributed by atoms with van der Waals surface area (Å²) in [6.07, 6.45) is 1.80. The van der Waals surface area contributed by atoms with Crippen molar-refractivity contribution in [1.29, 1.82) is 0 Å². The molecule has 0 spiro atoms. The fourth-order valence-corrected chi connectivity index (χ4v) is 4.53. The van der Waals surface area contributed by atoms with Gasteiger partial charge in [0, 0.05) is 51.4 Å². The molecule has 3 aromatic rings. The van der Waals surface area contributed by atoms with E-state index in [4.69, 9.17) is 9.26 Å². The first-order chi connectivity index (χ1) is 17.0. The Morgan fingerprint density at radius 2 is 1.83 bits per heavy atom. The molecule has 2 aromatic heterocycles. The van der Waals surface area contributed by atoms with Gasteiger partial charge < -0.3 is 19.5 Å². The minimum Gasteiger partial charge on any atom is -0.497 e. The zero-order valence-corrected chi connectivity index (χ0v) is 20.7. The Bertz CT molecular complexity index is 1200. The Morgan fingerprint density at radius 3 is 2.54 bits per heavy atom. The van der Waals surface area contributed by atoms with Gasteiger partial charge in [0.05, 0.1) is 18.2 Å². The van der Waals surface area contributed by atoms with Crippen molar-refractivity contribution in [1.82, 2.24) is 25.2 Å². The second-order valence-electron chi connectivity index (χ2n) is 8.91. The maximum atomic E-state index is 12.5. The smallest absolute Gasteiger partial charge is 0.296 e. The second kappa shape index (κ2) is 11.4. The van der Waals surface area contributed by atoms with Gasteiger partial charge in [-0.2, -0.15) is 5.10 Å². The van der Waals surface area contributed by atoms with Gasteiger partial charge in [0.2, 0.25) is 5.91 Å². The van der Waals surface area contributed by atoms with Gasteiger partial charge in [-0.05, 0) is 57.5 Å². The summed E-state index contributed by atoms with van der Waals surface area (Å²) in [6.45, 7) is 9.58. The number of aryl methyl sites for hydroxylation is 3. The van der Waals surface area contributed by atoms with Crippen molar-refractivity contribution >= 4 is 22.5 Å². The number of aromatic nitrogens is 3. The number of fused-ring (bicyclic) bond motifs is 1. The molecule has 188 valence electrons. The van der Waals surface area contributed by atoms with Crippen LogP contribution in [0.5, 0.6) is 5.75 Å². The van der Waals surface area contributed by atoms with E-state index in [2.05, 4.69) is 37.5 Å². The lowest BCUT2D eigenvalue weighted by Crippen LogP contribution is -2.47. The number of hydrogen-bond donors (Lipinski definition) is 1. The van der Waals surface area contributed by atoms with Crippen LogP contribution in [-0.2, 0) is 11.3 Å². The van der Waals surface area contributed by atoms with Crippen molar-refractivity contribution < 1.29 is 14.1 Å². The molecule has 0 saturated carbocycles. The predicted octanol–water partition coefficient (Wildman–Crippen LogP) is 2.12. The molecule has 10 nitrogen and oxygen atoms in total. The number of nitrogens with one attached hydrogen (secondary N) is 1. The van der Waals surface area contributed by atoms with Crippen LogP contribution in [0.3, 0.4) is 0 Å². The third-order valence-electron chi connectivity index (χ3n) is 6.49. The van der Waals surface area contributed by atoms with Crippen LogP contribution in [0.15, 0.2) is 33.6 Å². The Hall–Kier alpha value is -3.40. The first kappa shape index (κ1) is 24.7. The maximum Gasteiger partial charge on any atom is 0.296 e. The number of piperazine rings is 1. The van der Waals surface area contributed by atoms with Crippen molar-refractivity contribution in [3.05, 3.63) is 46.1 Å². The molecule has 10 heteroatoms. The van der Waals surface area contributed by atoms with Gasteiger partial charge in [-0.3, -0.25) is 14.5 Å². The highest BCUT2D eigenvalue weighted by Gasteiger charge is 2.17. The molecule has 0 bridgehead atoms. The molecular formula is C25H34N6O4. The highest BCUT2D eigenvalue weighted by atomic mass is 16.5. The zero-order valence-electron chi connectivity index (χ0n) is 20.7. The number of hydrogen-bond acceptors (Lipinski definition) is 8. The number of carbonyl (C=O) groups is 1. The van der Waals surface area contributed by atoms with Gasteiger partial charge in [-0.15, -0.1) is 0 Å². The molecule has 4 rings (SSSR count). The van der Waals surface area contributed by atoms with Crippen LogP contribution in [0.4, 0.5) is 5.69 Å². The molecule has 35 heavy (non-hydrogen) atoms. The Kier molecular flexibility index (Phi) is 8.02. The van der Waals surface area contributed by atoms with E-state index in [1.807, 2.05) is 19.1 Å². The van der Waals surface area contributed by atoms with Crippen LogP contribution in [0.2, 0.25) is 0 Å². The van der Waals surface area contributed by atoms with Crippen molar-refractivity contribution in [2.45, 2.75) is 39.7 Å². The van der Waals surface area contributed by atoms with Gasteiger partial charge in [0.15, 0.2) is 5.52 Å². The number of amides is 1. The van der Waals surface area contributed by atoms with Gasteiger partial charge in [-0.25, -0.2) is 4.68 Å². The van der Waals surface area contributed by atoms with Gasteiger partial charge in [-0.1, -0.05) is 5.16 Å². The molecule has 0 aliphatic carbocycles. The quantitative estimate of drug-likeness (QED) is 0.438. The summed E-state index contributed by atoms with van der Waals surface area (Å²) in [4.78, 5) is 29.6. The molecule has 0 radical (unpaired) electrons. The average Bonchev–Trinajstić information content (AvgIpc) is 3.27. The first-order valence-corrected chi connectivity index (χ1v) is 12.2. The van der Waals surface area contributed by atoms with Crippen molar-refractivity contribution in [3.8, 4) is 5.75 Å². The average molecular weight is 483 g/mol. The molecule has 1 aromatic carbocycles. The third-order valence-corrected chi connectivity index (χ3v) is 6.49. The summed E-state index contributed by atoms with van der Waals surface area (Å²) >= 11 is 0. The highest BCUT2D eigenvalue weighted by molar-refractivity contribution is 5.81. The largest absolute Gasteiger partial charge is 0.497 e. The predicted molar refractivity (Wildman–Crippen MR) is 134 cm³/mol. The molecule has 3 heterocycles. The lowest BCUT2D eigenvalue weighted by atomic mass is 10.2. The van der Waals surface area contributed by atoms with E-state index in [1.165, 1.54) is 10.4 Å². The number of nitrogens with zero attached hydrogens (tertiary/aromatic N) is 5. The van der Waals surface area contributed by atoms with Crippen LogP contribution >= 0.6 is 0 Å². The third kappa shape index (κ3) is 6.00. The van der Waals surface area contributed by atoms with Crippen molar-refractivity contribution in [2.75, 3.05) is 51.3 Å². The first-order valence-electron chi connectivity index (χ1n) is 12.2. The van der Waals surface area contributed by atoms with Crippen LogP contribution in [0, 0.1) is 13.8 Å². The standard InChI is InChI=1S/C25H34N6O4/c1-18-23-19(2)35-28-24(23)25(33)31(27-18)13-4-6-22(32)26-11-5-12-29-14-16-30(17-15-29)20-7-9-21(34-3)10-8-20/h7-10H,4-6,11-17H2,1-3H3,(H,26,32). The molecule has 1 N–H and O–H groups in total. The van der Waals surface area contributed by atoms with E-state index in [1.54, 1.807) is 14.0 Å². The van der Waals surface area contributed by atoms with Crippen LogP contribution < -0.4 is 20.5 Å². The number of ether oxygens (including phenoxy) is 1. The monoisotopic (exact) mass is 482 g/mol. The topological polar surface area (TPSA) is 106 Å². The van der Waals surface area contributed by atoms with Crippen LogP contribution in [-0.4, -0.2) is 72.1 Å². The number of methoxy groups -OCH3 is 1. The fraction of sp³-hybridized carbons (Fsp3) is 0.520. The zero-order chi connectivity index (χ0) is 24.8. The Balaban J connectivity index is 1.12. The Labute approximate surface area is 204 Å². The summed E-state index contributed by atoms with van der Waals surface area (Å²) in [7, 11) is 1.68. The lowest BCUT2D eigenvalue weighted by molar-refractivity contribution is -0.121. The molecular weight excluding hydrogens is 448 g/mol.